The van der Waals surface area contributed by atoms with E-state index in [1.54, 1.807) is 0 Å². The average Bonchev–Trinajstić information content (AvgIpc) is 3.63. The Morgan fingerprint density at radius 2 is 0.923 bits per heavy atom. The quantitative estimate of drug-likeness (QED) is 0.217. The van der Waals surface area contributed by atoms with E-state index in [0.717, 1.165) is 0 Å². The van der Waals surface area contributed by atoms with Crippen molar-refractivity contribution in [3.8, 4) is 11.4 Å². The molecule has 9 aromatic rings. The summed E-state index contributed by atoms with van der Waals surface area (Å²) < 4.78 is 7.50. The van der Waals surface area contributed by atoms with Crippen molar-refractivity contribution in [2.24, 2.45) is 0 Å². The molecule has 0 aliphatic heterocycles. The van der Waals surface area contributed by atoms with Crippen LogP contribution in [0, 0.1) is 0 Å². The highest BCUT2D eigenvalue weighted by atomic mass is 32.1. The van der Waals surface area contributed by atoms with Crippen LogP contribution < -0.4 is 0 Å². The van der Waals surface area contributed by atoms with Gasteiger partial charge in [-0.05, 0) is 54.6 Å². The van der Waals surface area contributed by atoms with Crippen molar-refractivity contribution < 1.29 is 0 Å². The fraction of sp³-hybridized carbons (Fsp3) is 0. The van der Waals surface area contributed by atoms with Gasteiger partial charge in [0.15, 0.2) is 0 Å². The average molecular weight is 515 g/mol. The van der Waals surface area contributed by atoms with E-state index < -0.39 is 0 Å². The molecule has 2 nitrogen and oxygen atoms in total. The second-order valence-electron chi connectivity index (χ2n) is 10.2. The standard InChI is InChI=1S/C36H22N2S/c1-2-10-23(11-3-1)37-31-15-7-4-12-25(31)27-19-18-24(20-33(27)37)38-32-16-8-5-13-26(32)29-21-30-28-14-6-9-17-35(28)39-36(30)22-34(29)38/h1-22H. The number of benzene rings is 6. The van der Waals surface area contributed by atoms with Crippen LogP contribution in [0.1, 0.15) is 0 Å². The zero-order valence-corrected chi connectivity index (χ0v) is 21.8. The molecule has 0 unspecified atom stereocenters. The van der Waals surface area contributed by atoms with E-state index in [0.29, 0.717) is 0 Å². The van der Waals surface area contributed by atoms with Crippen LogP contribution in [-0.2, 0) is 0 Å². The molecule has 0 aliphatic rings. The molecule has 182 valence electrons. The third-order valence-electron chi connectivity index (χ3n) is 8.10. The normalized spacial score (nSPS) is 12.1. The fourth-order valence-corrected chi connectivity index (χ4v) is 7.54. The Kier molecular flexibility index (Phi) is 4.24. The number of fused-ring (bicyclic) bond motifs is 9. The number of rotatable bonds is 2. The fourth-order valence-electron chi connectivity index (χ4n) is 6.42. The molecule has 0 saturated heterocycles. The molecule has 9 rings (SSSR count). The molecular formula is C36H22N2S. The topological polar surface area (TPSA) is 9.86 Å². The van der Waals surface area contributed by atoms with Gasteiger partial charge in [0.2, 0.25) is 0 Å². The van der Waals surface area contributed by atoms with Gasteiger partial charge in [-0.25, -0.2) is 0 Å². The summed E-state index contributed by atoms with van der Waals surface area (Å²) in [6.07, 6.45) is 0. The molecule has 0 fully saturated rings. The minimum Gasteiger partial charge on any atom is -0.309 e. The number of nitrogens with zero attached hydrogens (tertiary/aromatic N) is 2. The minimum absolute atomic E-state index is 1.18. The lowest BCUT2D eigenvalue weighted by atomic mass is 10.1. The maximum Gasteiger partial charge on any atom is 0.0561 e. The van der Waals surface area contributed by atoms with E-state index in [-0.39, 0.29) is 0 Å². The van der Waals surface area contributed by atoms with E-state index >= 15 is 0 Å². The lowest BCUT2D eigenvalue weighted by Crippen LogP contribution is -1.96. The van der Waals surface area contributed by atoms with E-state index in [1.165, 1.54) is 75.2 Å². The SMILES string of the molecule is c1ccc(-n2c3ccccc3c3ccc(-n4c5ccccc5c5cc6c(cc54)sc4ccccc46)cc32)cc1. The molecule has 0 bridgehead atoms. The molecule has 0 N–H and O–H groups in total. The third kappa shape index (κ3) is 2.91. The first-order valence-corrected chi connectivity index (χ1v) is 14.1. The van der Waals surface area contributed by atoms with E-state index in [9.17, 15) is 0 Å². The molecular weight excluding hydrogens is 492 g/mol. The summed E-state index contributed by atoms with van der Waals surface area (Å²) in [5, 5.41) is 7.80. The predicted octanol–water partition coefficient (Wildman–Crippen LogP) is 10.2. The molecule has 0 radical (unpaired) electrons. The van der Waals surface area contributed by atoms with Gasteiger partial charge in [0.25, 0.3) is 0 Å². The zero-order valence-electron chi connectivity index (χ0n) is 21.0. The molecule has 3 heterocycles. The van der Waals surface area contributed by atoms with Gasteiger partial charge in [0, 0.05) is 53.1 Å². The molecule has 0 aliphatic carbocycles. The summed E-state index contributed by atoms with van der Waals surface area (Å²) in [6, 6.07) is 48.7. The van der Waals surface area contributed by atoms with Gasteiger partial charge in [0.1, 0.15) is 0 Å². The number of para-hydroxylation sites is 3. The van der Waals surface area contributed by atoms with Crippen LogP contribution in [0.15, 0.2) is 133 Å². The summed E-state index contributed by atoms with van der Waals surface area (Å²) in [4.78, 5) is 0. The third-order valence-corrected chi connectivity index (χ3v) is 9.23. The smallest absolute Gasteiger partial charge is 0.0561 e. The Bertz CT molecular complexity index is 2390. The van der Waals surface area contributed by atoms with Crippen LogP contribution in [0.3, 0.4) is 0 Å². The molecule has 0 saturated carbocycles. The van der Waals surface area contributed by atoms with Crippen molar-refractivity contribution in [1.82, 2.24) is 9.13 Å². The highest BCUT2D eigenvalue weighted by Crippen LogP contribution is 2.41. The molecule has 3 heteroatoms. The number of hydrogen-bond acceptors (Lipinski definition) is 1. The maximum absolute atomic E-state index is 2.45. The van der Waals surface area contributed by atoms with E-state index in [4.69, 9.17) is 0 Å². The van der Waals surface area contributed by atoms with Crippen LogP contribution in [-0.4, -0.2) is 9.13 Å². The first-order valence-electron chi connectivity index (χ1n) is 13.3. The van der Waals surface area contributed by atoms with E-state index in [2.05, 4.69) is 143 Å². The molecule has 0 amide bonds. The van der Waals surface area contributed by atoms with Gasteiger partial charge in [-0.15, -0.1) is 11.3 Å². The van der Waals surface area contributed by atoms with Crippen molar-refractivity contribution in [2.75, 3.05) is 0 Å². The van der Waals surface area contributed by atoms with Crippen LogP contribution in [0.4, 0.5) is 0 Å². The van der Waals surface area contributed by atoms with Gasteiger partial charge in [0.05, 0.1) is 22.1 Å². The number of hydrogen-bond donors (Lipinski definition) is 0. The first-order chi connectivity index (χ1) is 19.3. The Hall–Kier alpha value is -4.86. The summed E-state index contributed by atoms with van der Waals surface area (Å²) in [7, 11) is 0. The summed E-state index contributed by atoms with van der Waals surface area (Å²) in [6.45, 7) is 0. The van der Waals surface area contributed by atoms with Gasteiger partial charge >= 0.3 is 0 Å². The lowest BCUT2D eigenvalue weighted by molar-refractivity contribution is 1.16. The summed E-state index contributed by atoms with van der Waals surface area (Å²) in [5.74, 6) is 0. The Morgan fingerprint density at radius 3 is 1.72 bits per heavy atom. The largest absolute Gasteiger partial charge is 0.309 e. The first kappa shape index (κ1) is 21.1. The number of thiophene rings is 1. The van der Waals surface area contributed by atoms with Crippen molar-refractivity contribution >= 4 is 75.1 Å². The van der Waals surface area contributed by atoms with Gasteiger partial charge in [-0.1, -0.05) is 78.9 Å². The number of aromatic nitrogens is 2. The van der Waals surface area contributed by atoms with Crippen molar-refractivity contribution in [1.29, 1.82) is 0 Å². The van der Waals surface area contributed by atoms with Crippen LogP contribution in [0.25, 0.3) is 75.2 Å². The predicted molar refractivity (Wildman–Crippen MR) is 168 cm³/mol. The Labute approximate surface area is 228 Å². The van der Waals surface area contributed by atoms with Gasteiger partial charge in [-0.2, -0.15) is 0 Å². The van der Waals surface area contributed by atoms with Gasteiger partial charge < -0.3 is 9.13 Å². The highest BCUT2D eigenvalue weighted by Gasteiger charge is 2.17. The second kappa shape index (κ2) is 7.83. The van der Waals surface area contributed by atoms with Crippen LogP contribution >= 0.6 is 11.3 Å². The molecule has 0 atom stereocenters. The van der Waals surface area contributed by atoms with Gasteiger partial charge in [-0.3, -0.25) is 0 Å². The second-order valence-corrected chi connectivity index (χ2v) is 11.3. The monoisotopic (exact) mass is 514 g/mol. The molecule has 3 aromatic heterocycles. The highest BCUT2D eigenvalue weighted by molar-refractivity contribution is 7.25. The van der Waals surface area contributed by atoms with Crippen molar-refractivity contribution in [3.63, 3.8) is 0 Å². The van der Waals surface area contributed by atoms with Crippen molar-refractivity contribution in [2.45, 2.75) is 0 Å². The lowest BCUT2D eigenvalue weighted by Gasteiger charge is -2.11. The molecule has 39 heavy (non-hydrogen) atoms. The Morgan fingerprint density at radius 1 is 0.333 bits per heavy atom. The summed E-state index contributed by atoms with van der Waals surface area (Å²) in [5.41, 5.74) is 7.27. The van der Waals surface area contributed by atoms with Crippen LogP contribution in [0.5, 0.6) is 0 Å². The van der Waals surface area contributed by atoms with Crippen LogP contribution in [0.2, 0.25) is 0 Å². The zero-order chi connectivity index (χ0) is 25.5. The van der Waals surface area contributed by atoms with E-state index in [1.807, 2.05) is 11.3 Å². The molecule has 6 aromatic carbocycles. The maximum atomic E-state index is 2.45. The minimum atomic E-state index is 1.18. The molecule has 0 spiro atoms. The van der Waals surface area contributed by atoms with Crippen molar-refractivity contribution in [3.05, 3.63) is 133 Å². The summed E-state index contributed by atoms with van der Waals surface area (Å²) >= 11 is 1.88. The Balaban J connectivity index is 1.41.